The second kappa shape index (κ2) is 5.11. The fourth-order valence-corrected chi connectivity index (χ4v) is 1.23. The number of nitrogens with two attached hydrogens (primary N) is 1. The van der Waals surface area contributed by atoms with E-state index >= 15 is 0 Å². The van der Waals surface area contributed by atoms with Crippen molar-refractivity contribution in [3.05, 3.63) is 17.8 Å². The van der Waals surface area contributed by atoms with E-state index in [0.717, 1.165) is 0 Å². The van der Waals surface area contributed by atoms with Crippen LogP contribution in [0.1, 0.15) is 12.0 Å². The lowest BCUT2D eigenvalue weighted by Gasteiger charge is -2.20. The Hall–Kier alpha value is -1.37. The largest absolute Gasteiger partial charge is 0.390 e. The molecule has 2 N–H and O–H groups in total. The molecule has 90 valence electrons. The smallest absolute Gasteiger partial charge is 0.358 e. The monoisotopic (exact) mass is 234 g/mol. The molecule has 0 atom stereocenters. The molecule has 4 nitrogen and oxygen atoms in total. The van der Waals surface area contributed by atoms with Crippen LogP contribution in [0.25, 0.3) is 0 Å². The first-order valence-corrected chi connectivity index (χ1v) is 4.72. The van der Waals surface area contributed by atoms with Crippen molar-refractivity contribution < 1.29 is 13.2 Å². The van der Waals surface area contributed by atoms with E-state index in [-0.39, 0.29) is 13.1 Å². The molecule has 0 saturated heterocycles. The summed E-state index contributed by atoms with van der Waals surface area (Å²) >= 11 is 0. The minimum Gasteiger partial charge on any atom is -0.358 e. The van der Waals surface area contributed by atoms with E-state index < -0.39 is 12.6 Å². The second-order valence-electron chi connectivity index (χ2n) is 3.37. The van der Waals surface area contributed by atoms with Crippen molar-refractivity contribution in [3.8, 4) is 0 Å². The summed E-state index contributed by atoms with van der Waals surface area (Å²) in [4.78, 5) is 1.41. The highest BCUT2D eigenvalue weighted by atomic mass is 19.4. The summed E-state index contributed by atoms with van der Waals surface area (Å²) in [6.07, 6.45) is -3.59. The number of hydrogen-bond acceptors (Lipinski definition) is 4. The maximum absolute atomic E-state index is 12.0. The molecule has 0 bridgehead atoms. The first-order valence-electron chi connectivity index (χ1n) is 4.72. The predicted molar refractivity (Wildman–Crippen MR) is 53.9 cm³/mol. The summed E-state index contributed by atoms with van der Waals surface area (Å²) in [5.74, 6) is 0.397. The Morgan fingerprint density at radius 2 is 2.12 bits per heavy atom. The van der Waals surface area contributed by atoms with Gasteiger partial charge in [0.25, 0.3) is 0 Å². The molecule has 0 amide bonds. The molecule has 0 radical (unpaired) electrons. The molecule has 7 heteroatoms. The van der Waals surface area contributed by atoms with Gasteiger partial charge < -0.3 is 10.6 Å². The lowest BCUT2D eigenvalue weighted by Crippen LogP contribution is -2.26. The quantitative estimate of drug-likeness (QED) is 0.853. The standard InChI is InChI=1S/C9H13F3N4/c1-16(5-3-9(10,11)12)8-7(6-13)2-4-14-15-8/h2,4H,3,5-6,13H2,1H3. The zero-order valence-electron chi connectivity index (χ0n) is 8.83. The summed E-state index contributed by atoms with van der Waals surface area (Å²) < 4.78 is 36.1. The maximum Gasteiger partial charge on any atom is 0.390 e. The van der Waals surface area contributed by atoms with Gasteiger partial charge in [0, 0.05) is 25.7 Å². The summed E-state index contributed by atoms with van der Waals surface area (Å²) in [6, 6.07) is 1.65. The Morgan fingerprint density at radius 3 is 2.69 bits per heavy atom. The van der Waals surface area contributed by atoms with E-state index in [2.05, 4.69) is 10.2 Å². The van der Waals surface area contributed by atoms with Crippen LogP contribution in [0.2, 0.25) is 0 Å². The van der Waals surface area contributed by atoms with E-state index in [1.165, 1.54) is 18.1 Å². The molecule has 1 heterocycles. The van der Waals surface area contributed by atoms with Gasteiger partial charge in [-0.05, 0) is 6.07 Å². The first-order chi connectivity index (χ1) is 7.44. The highest BCUT2D eigenvalue weighted by Crippen LogP contribution is 2.21. The van der Waals surface area contributed by atoms with Crippen molar-refractivity contribution in [2.75, 3.05) is 18.5 Å². The van der Waals surface area contributed by atoms with Gasteiger partial charge in [-0.25, -0.2) is 0 Å². The average Bonchev–Trinajstić information content (AvgIpc) is 2.25. The summed E-state index contributed by atoms with van der Waals surface area (Å²) in [6.45, 7) is 0.0659. The van der Waals surface area contributed by atoms with Gasteiger partial charge in [0.05, 0.1) is 12.6 Å². The topological polar surface area (TPSA) is 55.0 Å². The van der Waals surface area contributed by atoms with Crippen molar-refractivity contribution in [2.24, 2.45) is 5.73 Å². The number of alkyl halides is 3. The molecule has 16 heavy (non-hydrogen) atoms. The van der Waals surface area contributed by atoms with Gasteiger partial charge in [-0.1, -0.05) is 0 Å². The third kappa shape index (κ3) is 3.65. The molecular formula is C9H13F3N4. The van der Waals surface area contributed by atoms with Crippen LogP contribution < -0.4 is 10.6 Å². The second-order valence-corrected chi connectivity index (χ2v) is 3.37. The fraction of sp³-hybridized carbons (Fsp3) is 0.556. The van der Waals surface area contributed by atoms with Crippen LogP contribution in [0.15, 0.2) is 12.3 Å². The van der Waals surface area contributed by atoms with Gasteiger partial charge in [-0.15, -0.1) is 5.10 Å². The number of halogens is 3. The minimum atomic E-state index is -4.17. The van der Waals surface area contributed by atoms with E-state index in [1.54, 1.807) is 6.07 Å². The summed E-state index contributed by atoms with van der Waals surface area (Å²) in [5, 5.41) is 7.41. The van der Waals surface area contributed by atoms with Gasteiger partial charge in [0.2, 0.25) is 0 Å². The first kappa shape index (κ1) is 12.7. The van der Waals surface area contributed by atoms with Gasteiger partial charge >= 0.3 is 6.18 Å². The molecule has 0 aliphatic rings. The third-order valence-corrected chi connectivity index (χ3v) is 2.09. The van der Waals surface area contributed by atoms with Crippen molar-refractivity contribution in [1.82, 2.24) is 10.2 Å². The van der Waals surface area contributed by atoms with Gasteiger partial charge in [-0.2, -0.15) is 18.3 Å². The van der Waals surface area contributed by atoms with Crippen molar-refractivity contribution in [2.45, 2.75) is 19.1 Å². The minimum absolute atomic E-state index is 0.158. The van der Waals surface area contributed by atoms with Crippen molar-refractivity contribution in [1.29, 1.82) is 0 Å². The van der Waals surface area contributed by atoms with Gasteiger partial charge in [-0.3, -0.25) is 0 Å². The molecule has 0 unspecified atom stereocenters. The van der Waals surface area contributed by atoms with E-state index in [1.807, 2.05) is 0 Å². The van der Waals surface area contributed by atoms with Crippen LogP contribution in [0.5, 0.6) is 0 Å². The molecule has 0 spiro atoms. The van der Waals surface area contributed by atoms with Crippen LogP contribution in [0.3, 0.4) is 0 Å². The SMILES string of the molecule is CN(CCC(F)(F)F)c1nnccc1CN. The number of anilines is 1. The molecule has 0 fully saturated rings. The highest BCUT2D eigenvalue weighted by Gasteiger charge is 2.27. The van der Waals surface area contributed by atoms with E-state index in [0.29, 0.717) is 11.4 Å². The lowest BCUT2D eigenvalue weighted by atomic mass is 10.2. The van der Waals surface area contributed by atoms with E-state index in [4.69, 9.17) is 5.73 Å². The van der Waals surface area contributed by atoms with Crippen LogP contribution in [-0.4, -0.2) is 30.0 Å². The summed E-state index contributed by atoms with van der Waals surface area (Å²) in [7, 11) is 1.54. The fourth-order valence-electron chi connectivity index (χ4n) is 1.23. The molecular weight excluding hydrogens is 221 g/mol. The normalized spacial score (nSPS) is 11.6. The van der Waals surface area contributed by atoms with Crippen LogP contribution in [-0.2, 0) is 6.54 Å². The Bertz CT molecular complexity index is 340. The zero-order valence-corrected chi connectivity index (χ0v) is 8.83. The van der Waals surface area contributed by atoms with Gasteiger partial charge in [0.15, 0.2) is 5.82 Å². The molecule has 1 rings (SSSR count). The Labute approximate surface area is 91.3 Å². The average molecular weight is 234 g/mol. The zero-order chi connectivity index (χ0) is 12.2. The van der Waals surface area contributed by atoms with Gasteiger partial charge in [0.1, 0.15) is 0 Å². The third-order valence-electron chi connectivity index (χ3n) is 2.09. The molecule has 0 saturated carbocycles. The molecule has 1 aromatic rings. The predicted octanol–water partition coefficient (Wildman–Crippen LogP) is 1.32. The highest BCUT2D eigenvalue weighted by molar-refractivity contribution is 5.44. The van der Waals surface area contributed by atoms with E-state index in [9.17, 15) is 13.2 Å². The number of hydrogen-bond donors (Lipinski definition) is 1. The molecule has 1 aromatic heterocycles. The Kier molecular flexibility index (Phi) is 4.05. The Morgan fingerprint density at radius 1 is 1.44 bits per heavy atom. The number of rotatable bonds is 4. The Balaban J connectivity index is 2.69. The molecule has 0 aromatic carbocycles. The molecule has 0 aliphatic heterocycles. The lowest BCUT2D eigenvalue weighted by molar-refractivity contribution is -0.132. The number of nitrogens with zero attached hydrogens (tertiary/aromatic N) is 3. The molecule has 0 aliphatic carbocycles. The summed E-state index contributed by atoms with van der Waals surface area (Å²) in [5.41, 5.74) is 6.13. The van der Waals surface area contributed by atoms with Crippen molar-refractivity contribution >= 4 is 5.82 Å². The number of aromatic nitrogens is 2. The maximum atomic E-state index is 12.0. The van der Waals surface area contributed by atoms with Crippen LogP contribution in [0, 0.1) is 0 Å². The van der Waals surface area contributed by atoms with Crippen LogP contribution in [0.4, 0.5) is 19.0 Å². The van der Waals surface area contributed by atoms with Crippen molar-refractivity contribution in [3.63, 3.8) is 0 Å². The van der Waals surface area contributed by atoms with Crippen LogP contribution >= 0.6 is 0 Å².